The first-order chi connectivity index (χ1) is 7.54. The molecule has 0 aliphatic carbocycles. The Labute approximate surface area is 89.8 Å². The second-order valence-electron chi connectivity index (χ2n) is 3.47. The summed E-state index contributed by atoms with van der Waals surface area (Å²) < 4.78 is 39.9. The first-order valence-electron chi connectivity index (χ1n) is 4.73. The molecule has 1 N–H and O–H groups in total. The van der Waals surface area contributed by atoms with Gasteiger partial charge in [-0.05, 0) is 0 Å². The minimum Gasteiger partial charge on any atom is -0.364 e. The van der Waals surface area contributed by atoms with Gasteiger partial charge in [0.1, 0.15) is 13.2 Å². The minimum atomic E-state index is -4.31. The van der Waals surface area contributed by atoms with Gasteiger partial charge in [0.05, 0.1) is 5.69 Å². The topological polar surface area (TPSA) is 47.0 Å². The van der Waals surface area contributed by atoms with Crippen molar-refractivity contribution in [3.05, 3.63) is 23.3 Å². The molecule has 0 aromatic carbocycles. The average Bonchev–Trinajstić information content (AvgIpc) is 2.62. The molecule has 7 heteroatoms. The van der Waals surface area contributed by atoms with Crippen molar-refractivity contribution in [1.29, 1.82) is 0 Å². The standard InChI is InChI=1S/C9H10F3N3O/c10-9(11,12)5-16-4-8-14-2-6-1-13-3-7(6)15-8/h2,13H,1,3-5H2. The smallest absolute Gasteiger partial charge is 0.364 e. The number of aromatic nitrogens is 2. The van der Waals surface area contributed by atoms with Crippen molar-refractivity contribution in [3.8, 4) is 0 Å². The van der Waals surface area contributed by atoms with E-state index < -0.39 is 12.8 Å². The van der Waals surface area contributed by atoms with Gasteiger partial charge in [-0.2, -0.15) is 13.2 Å². The van der Waals surface area contributed by atoms with Crippen LogP contribution in [-0.2, 0) is 24.4 Å². The molecule has 0 bridgehead atoms. The van der Waals surface area contributed by atoms with Crippen molar-refractivity contribution >= 4 is 0 Å². The van der Waals surface area contributed by atoms with Crippen LogP contribution in [0.2, 0.25) is 0 Å². The summed E-state index contributed by atoms with van der Waals surface area (Å²) in [6, 6.07) is 0. The van der Waals surface area contributed by atoms with Crippen LogP contribution in [0.4, 0.5) is 13.2 Å². The summed E-state index contributed by atoms with van der Waals surface area (Å²) in [5, 5.41) is 3.07. The summed E-state index contributed by atoms with van der Waals surface area (Å²) in [6.07, 6.45) is -2.69. The largest absolute Gasteiger partial charge is 0.411 e. The SMILES string of the molecule is FC(F)(F)COCc1ncc2c(n1)CNC2. The first-order valence-corrected chi connectivity index (χ1v) is 4.73. The van der Waals surface area contributed by atoms with Crippen molar-refractivity contribution in [3.63, 3.8) is 0 Å². The molecule has 0 amide bonds. The van der Waals surface area contributed by atoms with E-state index in [1.807, 2.05) is 0 Å². The van der Waals surface area contributed by atoms with Gasteiger partial charge in [-0.3, -0.25) is 0 Å². The quantitative estimate of drug-likeness (QED) is 0.851. The van der Waals surface area contributed by atoms with E-state index in [1.165, 1.54) is 0 Å². The molecule has 0 unspecified atom stereocenters. The lowest BCUT2D eigenvalue weighted by molar-refractivity contribution is -0.177. The van der Waals surface area contributed by atoms with Gasteiger partial charge in [0.15, 0.2) is 5.82 Å². The van der Waals surface area contributed by atoms with Gasteiger partial charge in [-0.15, -0.1) is 0 Å². The maximum absolute atomic E-state index is 11.8. The molecule has 0 atom stereocenters. The number of hydrogen-bond donors (Lipinski definition) is 1. The Hall–Kier alpha value is -1.21. The lowest BCUT2D eigenvalue weighted by atomic mass is 10.3. The predicted octanol–water partition coefficient (Wildman–Crippen LogP) is 1.16. The Bertz CT molecular complexity index is 381. The third kappa shape index (κ3) is 2.89. The van der Waals surface area contributed by atoms with Crippen LogP contribution in [0.15, 0.2) is 6.20 Å². The zero-order chi connectivity index (χ0) is 11.6. The van der Waals surface area contributed by atoms with Crippen molar-refractivity contribution in [2.75, 3.05) is 6.61 Å². The maximum atomic E-state index is 11.8. The Morgan fingerprint density at radius 2 is 2.19 bits per heavy atom. The van der Waals surface area contributed by atoms with E-state index in [2.05, 4.69) is 20.0 Å². The third-order valence-corrected chi connectivity index (χ3v) is 2.11. The fourth-order valence-corrected chi connectivity index (χ4v) is 1.43. The van der Waals surface area contributed by atoms with Gasteiger partial charge in [-0.1, -0.05) is 0 Å². The van der Waals surface area contributed by atoms with Crippen molar-refractivity contribution in [1.82, 2.24) is 15.3 Å². The monoisotopic (exact) mass is 233 g/mol. The molecule has 2 rings (SSSR count). The highest BCUT2D eigenvalue weighted by atomic mass is 19.4. The van der Waals surface area contributed by atoms with E-state index in [4.69, 9.17) is 0 Å². The molecule has 2 heterocycles. The summed E-state index contributed by atoms with van der Waals surface area (Å²) in [5.41, 5.74) is 1.82. The normalized spacial score (nSPS) is 15.2. The molecule has 0 spiro atoms. The van der Waals surface area contributed by atoms with Crippen LogP contribution >= 0.6 is 0 Å². The average molecular weight is 233 g/mol. The van der Waals surface area contributed by atoms with Crippen molar-refractivity contribution < 1.29 is 17.9 Å². The summed E-state index contributed by atoms with van der Waals surface area (Å²) in [6.45, 7) is -0.151. The molecule has 88 valence electrons. The summed E-state index contributed by atoms with van der Waals surface area (Å²) >= 11 is 0. The molecule has 16 heavy (non-hydrogen) atoms. The van der Waals surface area contributed by atoms with Gasteiger partial charge in [0.2, 0.25) is 0 Å². The van der Waals surface area contributed by atoms with E-state index in [-0.39, 0.29) is 12.4 Å². The second kappa shape index (κ2) is 4.34. The Morgan fingerprint density at radius 3 is 2.94 bits per heavy atom. The zero-order valence-corrected chi connectivity index (χ0v) is 8.34. The van der Waals surface area contributed by atoms with Crippen LogP contribution in [-0.4, -0.2) is 22.8 Å². The summed E-state index contributed by atoms with van der Waals surface area (Å²) in [7, 11) is 0. The number of fused-ring (bicyclic) bond motifs is 1. The fourth-order valence-electron chi connectivity index (χ4n) is 1.43. The number of ether oxygens (including phenoxy) is 1. The van der Waals surface area contributed by atoms with Crippen LogP contribution in [0.1, 0.15) is 17.1 Å². The molecule has 1 aromatic heterocycles. The molecule has 1 aliphatic rings. The number of nitrogens with one attached hydrogen (secondary N) is 1. The molecule has 0 saturated carbocycles. The maximum Gasteiger partial charge on any atom is 0.411 e. The minimum absolute atomic E-state index is 0.215. The molecular formula is C9H10F3N3O. The molecule has 4 nitrogen and oxygen atoms in total. The molecule has 0 radical (unpaired) electrons. The van der Waals surface area contributed by atoms with E-state index in [0.29, 0.717) is 13.1 Å². The lowest BCUT2D eigenvalue weighted by Gasteiger charge is -2.07. The van der Waals surface area contributed by atoms with Gasteiger partial charge in [0, 0.05) is 24.8 Å². The molecule has 1 aromatic rings. The number of rotatable bonds is 3. The number of hydrogen-bond acceptors (Lipinski definition) is 4. The van der Waals surface area contributed by atoms with Gasteiger partial charge >= 0.3 is 6.18 Å². The highest BCUT2D eigenvalue weighted by Gasteiger charge is 2.27. The zero-order valence-electron chi connectivity index (χ0n) is 8.34. The fraction of sp³-hybridized carbons (Fsp3) is 0.556. The third-order valence-electron chi connectivity index (χ3n) is 2.11. The van der Waals surface area contributed by atoms with Crippen molar-refractivity contribution in [2.45, 2.75) is 25.9 Å². The Kier molecular flexibility index (Phi) is 3.06. The highest BCUT2D eigenvalue weighted by Crippen LogP contribution is 2.16. The summed E-state index contributed by atoms with van der Waals surface area (Å²) in [4.78, 5) is 8.03. The van der Waals surface area contributed by atoms with Crippen LogP contribution in [0.3, 0.4) is 0 Å². The number of alkyl halides is 3. The van der Waals surface area contributed by atoms with Crippen LogP contribution in [0.25, 0.3) is 0 Å². The summed E-state index contributed by atoms with van der Waals surface area (Å²) in [5.74, 6) is 0.284. The van der Waals surface area contributed by atoms with E-state index in [0.717, 1.165) is 11.3 Å². The number of nitrogens with zero attached hydrogens (tertiary/aromatic N) is 2. The predicted molar refractivity (Wildman–Crippen MR) is 48.3 cm³/mol. The van der Waals surface area contributed by atoms with Crippen LogP contribution in [0.5, 0.6) is 0 Å². The second-order valence-corrected chi connectivity index (χ2v) is 3.47. The Morgan fingerprint density at radius 1 is 1.38 bits per heavy atom. The molecule has 0 fully saturated rings. The van der Waals surface area contributed by atoms with E-state index >= 15 is 0 Å². The van der Waals surface area contributed by atoms with E-state index in [9.17, 15) is 13.2 Å². The van der Waals surface area contributed by atoms with Crippen LogP contribution < -0.4 is 5.32 Å². The van der Waals surface area contributed by atoms with Gasteiger partial charge in [0.25, 0.3) is 0 Å². The van der Waals surface area contributed by atoms with Crippen molar-refractivity contribution in [2.24, 2.45) is 0 Å². The highest BCUT2D eigenvalue weighted by molar-refractivity contribution is 5.21. The first kappa shape index (κ1) is 11.3. The molecule has 0 saturated heterocycles. The Balaban J connectivity index is 1.91. The number of halogens is 3. The van der Waals surface area contributed by atoms with Gasteiger partial charge < -0.3 is 10.1 Å². The lowest BCUT2D eigenvalue weighted by Crippen LogP contribution is -2.17. The molecule has 1 aliphatic heterocycles. The van der Waals surface area contributed by atoms with Gasteiger partial charge in [-0.25, -0.2) is 9.97 Å². The van der Waals surface area contributed by atoms with Crippen LogP contribution in [0, 0.1) is 0 Å². The molecular weight excluding hydrogens is 223 g/mol. The van der Waals surface area contributed by atoms with E-state index in [1.54, 1.807) is 6.20 Å².